The van der Waals surface area contributed by atoms with Gasteiger partial charge in [0.25, 0.3) is 0 Å². The highest BCUT2D eigenvalue weighted by Crippen LogP contribution is 2.35. The Kier molecular flexibility index (Phi) is 7.03. The molecule has 0 saturated carbocycles. The molecule has 0 aliphatic rings. The lowest BCUT2D eigenvalue weighted by Crippen LogP contribution is -2.14. The largest absolute Gasteiger partial charge is 0.493 e. The van der Waals surface area contributed by atoms with Crippen molar-refractivity contribution in [1.29, 1.82) is 0 Å². The topological polar surface area (TPSA) is 30.5 Å². The first kappa shape index (κ1) is 17.9. The van der Waals surface area contributed by atoms with Gasteiger partial charge in [-0.25, -0.2) is 0 Å². The number of benzene rings is 2. The summed E-state index contributed by atoms with van der Waals surface area (Å²) in [5.74, 6) is 1.39. The first-order valence-electron chi connectivity index (χ1n) is 7.59. The third kappa shape index (κ3) is 5.03. The van der Waals surface area contributed by atoms with Crippen molar-refractivity contribution in [3.63, 3.8) is 0 Å². The van der Waals surface area contributed by atoms with Gasteiger partial charge in [-0.05, 0) is 24.1 Å². The number of nitrogens with one attached hydrogen (secondary N) is 1. The minimum atomic E-state index is 0.612. The van der Waals surface area contributed by atoms with Gasteiger partial charge in [-0.2, -0.15) is 0 Å². The molecule has 0 radical (unpaired) electrons. The Bertz CT molecular complexity index is 647. The van der Waals surface area contributed by atoms with Gasteiger partial charge in [0.15, 0.2) is 11.5 Å². The monoisotopic (exact) mass is 353 g/mol. The molecule has 1 N–H and O–H groups in total. The van der Waals surface area contributed by atoms with Crippen molar-refractivity contribution in [2.45, 2.75) is 26.4 Å². The molecule has 124 valence electrons. The lowest BCUT2D eigenvalue weighted by Gasteiger charge is -2.16. The lowest BCUT2D eigenvalue weighted by molar-refractivity contribution is 0.290. The van der Waals surface area contributed by atoms with Crippen LogP contribution in [0.2, 0.25) is 10.0 Å². The minimum absolute atomic E-state index is 0.612. The maximum absolute atomic E-state index is 6.17. The van der Waals surface area contributed by atoms with Crippen molar-refractivity contribution in [2.75, 3.05) is 13.7 Å². The maximum Gasteiger partial charge on any atom is 0.165 e. The molecule has 0 aromatic heterocycles. The quantitative estimate of drug-likeness (QED) is 0.717. The highest BCUT2D eigenvalue weighted by molar-refractivity contribution is 6.31. The van der Waals surface area contributed by atoms with Gasteiger partial charge < -0.3 is 14.8 Å². The zero-order chi connectivity index (χ0) is 16.7. The molecule has 2 rings (SSSR count). The van der Waals surface area contributed by atoms with E-state index >= 15 is 0 Å². The molecule has 2 aromatic rings. The van der Waals surface area contributed by atoms with E-state index in [0.29, 0.717) is 30.5 Å². The van der Waals surface area contributed by atoms with Crippen LogP contribution >= 0.6 is 23.2 Å². The highest BCUT2D eigenvalue weighted by atomic mass is 35.5. The van der Waals surface area contributed by atoms with E-state index in [1.807, 2.05) is 30.3 Å². The van der Waals surface area contributed by atoms with Crippen LogP contribution in [-0.4, -0.2) is 13.7 Å². The maximum atomic E-state index is 6.17. The van der Waals surface area contributed by atoms with Crippen LogP contribution in [0.25, 0.3) is 0 Å². The summed E-state index contributed by atoms with van der Waals surface area (Å²) in [7, 11) is 1.62. The second-order valence-corrected chi connectivity index (χ2v) is 5.98. The number of ether oxygens (including phenoxy) is 2. The third-order valence-corrected chi connectivity index (χ3v) is 3.94. The minimum Gasteiger partial charge on any atom is -0.493 e. The summed E-state index contributed by atoms with van der Waals surface area (Å²) in [6, 6.07) is 11.4. The number of hydrogen-bond donors (Lipinski definition) is 1. The predicted molar refractivity (Wildman–Crippen MR) is 95.8 cm³/mol. The normalized spacial score (nSPS) is 10.6. The molecule has 0 bridgehead atoms. The van der Waals surface area contributed by atoms with E-state index in [9.17, 15) is 0 Å². The summed E-state index contributed by atoms with van der Waals surface area (Å²) in [6.45, 7) is 3.98. The summed E-state index contributed by atoms with van der Waals surface area (Å²) in [4.78, 5) is 0. The Morgan fingerprint density at radius 2 is 1.78 bits per heavy atom. The number of rotatable bonds is 8. The molecule has 5 heteroatoms. The first-order chi connectivity index (χ1) is 11.2. The van der Waals surface area contributed by atoms with Gasteiger partial charge in [0.1, 0.15) is 0 Å². The summed E-state index contributed by atoms with van der Waals surface area (Å²) in [5.41, 5.74) is 2.02. The molecule has 3 nitrogen and oxygen atoms in total. The van der Waals surface area contributed by atoms with Gasteiger partial charge in [-0.15, -0.1) is 0 Å². The Balaban J connectivity index is 2.11. The van der Waals surface area contributed by atoms with Crippen LogP contribution in [0.3, 0.4) is 0 Å². The second kappa shape index (κ2) is 9.02. The third-order valence-electron chi connectivity index (χ3n) is 3.36. The predicted octanol–water partition coefficient (Wildman–Crippen LogP) is 5.08. The van der Waals surface area contributed by atoms with Crippen molar-refractivity contribution < 1.29 is 9.47 Å². The lowest BCUT2D eigenvalue weighted by atomic mass is 10.1. The van der Waals surface area contributed by atoms with E-state index in [2.05, 4.69) is 12.2 Å². The average Bonchev–Trinajstić information content (AvgIpc) is 2.55. The van der Waals surface area contributed by atoms with Crippen LogP contribution in [0.4, 0.5) is 0 Å². The highest BCUT2D eigenvalue weighted by Gasteiger charge is 2.13. The molecule has 0 spiro atoms. The zero-order valence-corrected chi connectivity index (χ0v) is 14.9. The fourth-order valence-corrected chi connectivity index (χ4v) is 2.68. The standard InChI is InChI=1S/C18H21Cl2NO2/c1-3-8-23-18-14(9-15(19)10-17(18)22-2)12-21-11-13-6-4-5-7-16(13)20/h4-7,9-10,21H,3,8,11-12H2,1-2H3. The smallest absolute Gasteiger partial charge is 0.165 e. The molecule has 0 amide bonds. The van der Waals surface area contributed by atoms with Gasteiger partial charge >= 0.3 is 0 Å². The molecule has 0 aliphatic carbocycles. The number of hydrogen-bond acceptors (Lipinski definition) is 3. The average molecular weight is 354 g/mol. The van der Waals surface area contributed by atoms with E-state index in [-0.39, 0.29) is 0 Å². The van der Waals surface area contributed by atoms with Gasteiger partial charge in [-0.3, -0.25) is 0 Å². The Morgan fingerprint density at radius 1 is 1.04 bits per heavy atom. The van der Waals surface area contributed by atoms with Gasteiger partial charge in [0.05, 0.1) is 13.7 Å². The molecule has 0 fully saturated rings. The van der Waals surface area contributed by atoms with E-state index in [4.69, 9.17) is 32.7 Å². The zero-order valence-electron chi connectivity index (χ0n) is 13.4. The van der Waals surface area contributed by atoms with E-state index in [1.54, 1.807) is 13.2 Å². The molecule has 0 heterocycles. The molecular weight excluding hydrogens is 333 g/mol. The van der Waals surface area contributed by atoms with E-state index < -0.39 is 0 Å². The molecule has 23 heavy (non-hydrogen) atoms. The Hall–Kier alpha value is -1.42. The first-order valence-corrected chi connectivity index (χ1v) is 8.34. The van der Waals surface area contributed by atoms with Gasteiger partial charge in [-0.1, -0.05) is 48.3 Å². The summed E-state index contributed by atoms with van der Waals surface area (Å²) < 4.78 is 11.2. The van der Waals surface area contributed by atoms with Crippen LogP contribution in [0.5, 0.6) is 11.5 Å². The molecule has 0 atom stereocenters. The van der Waals surface area contributed by atoms with Crippen molar-refractivity contribution in [1.82, 2.24) is 5.32 Å². The number of methoxy groups -OCH3 is 1. The van der Waals surface area contributed by atoms with Crippen LogP contribution in [0.15, 0.2) is 36.4 Å². The van der Waals surface area contributed by atoms with Crippen LogP contribution < -0.4 is 14.8 Å². The van der Waals surface area contributed by atoms with Crippen molar-refractivity contribution >= 4 is 23.2 Å². The molecule has 0 unspecified atom stereocenters. The molecule has 0 saturated heterocycles. The van der Waals surface area contributed by atoms with Crippen LogP contribution in [-0.2, 0) is 13.1 Å². The Labute approximate surface area is 147 Å². The second-order valence-electron chi connectivity index (χ2n) is 5.14. The van der Waals surface area contributed by atoms with Crippen molar-refractivity contribution in [2.24, 2.45) is 0 Å². The fourth-order valence-electron chi connectivity index (χ4n) is 2.25. The Morgan fingerprint density at radius 3 is 2.48 bits per heavy atom. The van der Waals surface area contributed by atoms with E-state index in [0.717, 1.165) is 28.3 Å². The van der Waals surface area contributed by atoms with Crippen LogP contribution in [0.1, 0.15) is 24.5 Å². The van der Waals surface area contributed by atoms with Crippen LogP contribution in [0, 0.1) is 0 Å². The van der Waals surface area contributed by atoms with Crippen molar-refractivity contribution in [3.05, 3.63) is 57.6 Å². The summed E-state index contributed by atoms with van der Waals surface area (Å²) >= 11 is 12.3. The molecule has 0 aliphatic heterocycles. The van der Waals surface area contributed by atoms with Crippen molar-refractivity contribution in [3.8, 4) is 11.5 Å². The SMILES string of the molecule is CCCOc1c(CNCc2ccccc2Cl)cc(Cl)cc1OC. The fraction of sp³-hybridized carbons (Fsp3) is 0.333. The molecular formula is C18H21Cl2NO2. The summed E-state index contributed by atoms with van der Waals surface area (Å²) in [5, 5.41) is 4.76. The number of halogens is 2. The molecule has 2 aromatic carbocycles. The van der Waals surface area contributed by atoms with Gasteiger partial charge in [0, 0.05) is 34.8 Å². The summed E-state index contributed by atoms with van der Waals surface area (Å²) in [6.07, 6.45) is 0.929. The van der Waals surface area contributed by atoms with E-state index in [1.165, 1.54) is 0 Å². The van der Waals surface area contributed by atoms with Gasteiger partial charge in [0.2, 0.25) is 0 Å².